The van der Waals surface area contributed by atoms with Gasteiger partial charge in [-0.3, -0.25) is 4.90 Å². The number of rotatable bonds is 7. The summed E-state index contributed by atoms with van der Waals surface area (Å²) in [5, 5.41) is 3.36. The second-order valence-electron chi connectivity index (χ2n) is 5.54. The Balaban J connectivity index is 1.76. The Morgan fingerprint density at radius 2 is 2.06 bits per heavy atom. The average Bonchev–Trinajstić information content (AvgIpc) is 2.94. The van der Waals surface area contributed by atoms with Crippen molar-refractivity contribution in [1.29, 1.82) is 0 Å². The highest BCUT2D eigenvalue weighted by Gasteiger charge is 2.23. The van der Waals surface area contributed by atoms with E-state index in [9.17, 15) is 0 Å². The first-order chi connectivity index (χ1) is 8.13. The maximum absolute atomic E-state index is 5.80. The van der Waals surface area contributed by atoms with Gasteiger partial charge in [0, 0.05) is 12.6 Å². The van der Waals surface area contributed by atoms with Gasteiger partial charge in [-0.05, 0) is 37.9 Å². The molecule has 1 heterocycles. The number of furan rings is 1. The lowest BCUT2D eigenvalue weighted by Gasteiger charge is -2.14. The first kappa shape index (κ1) is 12.7. The molecular formula is C14H24N2O. The van der Waals surface area contributed by atoms with Crippen molar-refractivity contribution in [2.24, 2.45) is 5.92 Å². The standard InChI is InChI=1S/C14H24N2O/c1-11(2)15-8-13-6-7-14(17-13)10-16(3)9-12-4-5-12/h6-7,11-12,15H,4-5,8-10H2,1-3H3. The predicted octanol–water partition coefficient (Wildman–Crippen LogP) is 2.62. The van der Waals surface area contributed by atoms with Gasteiger partial charge in [-0.15, -0.1) is 0 Å². The Labute approximate surface area is 104 Å². The molecule has 1 fully saturated rings. The topological polar surface area (TPSA) is 28.4 Å². The van der Waals surface area contributed by atoms with E-state index in [0.717, 1.165) is 30.5 Å². The van der Waals surface area contributed by atoms with E-state index in [4.69, 9.17) is 4.42 Å². The Morgan fingerprint density at radius 1 is 1.35 bits per heavy atom. The summed E-state index contributed by atoms with van der Waals surface area (Å²) in [5.41, 5.74) is 0. The van der Waals surface area contributed by atoms with Crippen LogP contribution in [0.1, 0.15) is 38.2 Å². The molecule has 1 aromatic heterocycles. The van der Waals surface area contributed by atoms with Gasteiger partial charge in [-0.1, -0.05) is 13.8 Å². The highest BCUT2D eigenvalue weighted by atomic mass is 16.3. The number of nitrogens with zero attached hydrogens (tertiary/aromatic N) is 1. The summed E-state index contributed by atoms with van der Waals surface area (Å²) in [6.45, 7) is 7.25. The Morgan fingerprint density at radius 3 is 2.71 bits per heavy atom. The van der Waals surface area contributed by atoms with E-state index in [1.54, 1.807) is 0 Å². The van der Waals surface area contributed by atoms with Crippen molar-refractivity contribution in [3.8, 4) is 0 Å². The van der Waals surface area contributed by atoms with E-state index in [1.807, 2.05) is 0 Å². The lowest BCUT2D eigenvalue weighted by Crippen LogP contribution is -2.21. The lowest BCUT2D eigenvalue weighted by atomic mass is 10.3. The zero-order valence-electron chi connectivity index (χ0n) is 11.2. The van der Waals surface area contributed by atoms with Crippen molar-refractivity contribution in [3.63, 3.8) is 0 Å². The minimum atomic E-state index is 0.501. The molecule has 1 N–H and O–H groups in total. The molecule has 0 aromatic carbocycles. The van der Waals surface area contributed by atoms with Crippen LogP contribution in [0.15, 0.2) is 16.5 Å². The maximum atomic E-state index is 5.80. The molecular weight excluding hydrogens is 212 g/mol. The summed E-state index contributed by atoms with van der Waals surface area (Å²) in [6.07, 6.45) is 2.82. The van der Waals surface area contributed by atoms with Crippen LogP contribution in [-0.4, -0.2) is 24.5 Å². The fourth-order valence-electron chi connectivity index (χ4n) is 1.98. The molecule has 17 heavy (non-hydrogen) atoms. The van der Waals surface area contributed by atoms with Crippen molar-refractivity contribution in [2.45, 2.75) is 45.8 Å². The summed E-state index contributed by atoms with van der Waals surface area (Å²) in [6, 6.07) is 4.68. The van der Waals surface area contributed by atoms with E-state index in [2.05, 4.69) is 43.2 Å². The lowest BCUT2D eigenvalue weighted by molar-refractivity contribution is 0.279. The summed E-state index contributed by atoms with van der Waals surface area (Å²) >= 11 is 0. The number of nitrogens with one attached hydrogen (secondary N) is 1. The number of hydrogen-bond acceptors (Lipinski definition) is 3. The Bertz CT molecular complexity index is 342. The van der Waals surface area contributed by atoms with Gasteiger partial charge >= 0.3 is 0 Å². The van der Waals surface area contributed by atoms with Crippen LogP contribution in [0.5, 0.6) is 0 Å². The molecule has 0 aliphatic heterocycles. The fourth-order valence-corrected chi connectivity index (χ4v) is 1.98. The van der Waals surface area contributed by atoms with Gasteiger partial charge in [0.15, 0.2) is 0 Å². The van der Waals surface area contributed by atoms with Gasteiger partial charge in [-0.25, -0.2) is 0 Å². The molecule has 3 nitrogen and oxygen atoms in total. The quantitative estimate of drug-likeness (QED) is 0.789. The van der Waals surface area contributed by atoms with Gasteiger partial charge < -0.3 is 9.73 Å². The van der Waals surface area contributed by atoms with Crippen LogP contribution < -0.4 is 5.32 Å². The summed E-state index contributed by atoms with van der Waals surface area (Å²) in [5.74, 6) is 3.05. The Kier molecular flexibility index (Phi) is 4.24. The van der Waals surface area contributed by atoms with E-state index in [0.29, 0.717) is 6.04 Å². The fraction of sp³-hybridized carbons (Fsp3) is 0.714. The van der Waals surface area contributed by atoms with E-state index in [1.165, 1.54) is 19.4 Å². The van der Waals surface area contributed by atoms with Crippen LogP contribution in [0.2, 0.25) is 0 Å². The monoisotopic (exact) mass is 236 g/mol. The van der Waals surface area contributed by atoms with Crippen LogP contribution in [0.4, 0.5) is 0 Å². The van der Waals surface area contributed by atoms with Gasteiger partial charge in [0.1, 0.15) is 11.5 Å². The minimum absolute atomic E-state index is 0.501. The molecule has 1 aromatic rings. The zero-order chi connectivity index (χ0) is 12.3. The van der Waals surface area contributed by atoms with Crippen LogP contribution in [0.3, 0.4) is 0 Å². The van der Waals surface area contributed by atoms with Gasteiger partial charge in [0.2, 0.25) is 0 Å². The Hall–Kier alpha value is -0.800. The molecule has 3 heteroatoms. The SMILES string of the molecule is CC(C)NCc1ccc(CN(C)CC2CC2)o1. The van der Waals surface area contributed by atoms with Crippen molar-refractivity contribution >= 4 is 0 Å². The van der Waals surface area contributed by atoms with Crippen LogP contribution in [0, 0.1) is 5.92 Å². The van der Waals surface area contributed by atoms with Crippen molar-refractivity contribution < 1.29 is 4.42 Å². The number of hydrogen-bond donors (Lipinski definition) is 1. The van der Waals surface area contributed by atoms with Crippen LogP contribution in [0.25, 0.3) is 0 Å². The van der Waals surface area contributed by atoms with Crippen molar-refractivity contribution in [1.82, 2.24) is 10.2 Å². The molecule has 0 radical (unpaired) electrons. The smallest absolute Gasteiger partial charge is 0.118 e. The summed E-state index contributed by atoms with van der Waals surface area (Å²) < 4.78 is 5.80. The van der Waals surface area contributed by atoms with Crippen molar-refractivity contribution in [3.05, 3.63) is 23.7 Å². The second-order valence-corrected chi connectivity index (χ2v) is 5.54. The van der Waals surface area contributed by atoms with E-state index < -0.39 is 0 Å². The molecule has 0 bridgehead atoms. The third kappa shape index (κ3) is 4.52. The molecule has 1 saturated carbocycles. The minimum Gasteiger partial charge on any atom is -0.463 e. The third-order valence-corrected chi connectivity index (χ3v) is 3.09. The molecule has 0 unspecified atom stereocenters. The van der Waals surface area contributed by atoms with Gasteiger partial charge in [-0.2, -0.15) is 0 Å². The molecule has 0 saturated heterocycles. The average molecular weight is 236 g/mol. The highest BCUT2D eigenvalue weighted by molar-refractivity contribution is 5.07. The highest BCUT2D eigenvalue weighted by Crippen LogP contribution is 2.29. The predicted molar refractivity (Wildman–Crippen MR) is 69.7 cm³/mol. The third-order valence-electron chi connectivity index (χ3n) is 3.09. The molecule has 1 aliphatic rings. The van der Waals surface area contributed by atoms with E-state index in [-0.39, 0.29) is 0 Å². The second kappa shape index (κ2) is 5.69. The summed E-state index contributed by atoms with van der Waals surface area (Å²) in [7, 11) is 2.17. The normalized spacial score (nSPS) is 16.1. The molecule has 0 spiro atoms. The first-order valence-corrected chi connectivity index (χ1v) is 6.63. The molecule has 0 amide bonds. The van der Waals surface area contributed by atoms with Crippen LogP contribution >= 0.6 is 0 Å². The largest absolute Gasteiger partial charge is 0.463 e. The van der Waals surface area contributed by atoms with Gasteiger partial charge in [0.25, 0.3) is 0 Å². The summed E-state index contributed by atoms with van der Waals surface area (Å²) in [4.78, 5) is 2.36. The van der Waals surface area contributed by atoms with Crippen LogP contribution in [-0.2, 0) is 13.1 Å². The zero-order valence-corrected chi connectivity index (χ0v) is 11.2. The molecule has 0 atom stereocenters. The van der Waals surface area contributed by atoms with E-state index >= 15 is 0 Å². The molecule has 1 aliphatic carbocycles. The van der Waals surface area contributed by atoms with Gasteiger partial charge in [0.05, 0.1) is 13.1 Å². The van der Waals surface area contributed by atoms with Crippen molar-refractivity contribution in [2.75, 3.05) is 13.6 Å². The maximum Gasteiger partial charge on any atom is 0.118 e. The molecule has 2 rings (SSSR count). The first-order valence-electron chi connectivity index (χ1n) is 6.63. The molecule has 96 valence electrons.